The highest BCUT2D eigenvalue weighted by Crippen LogP contribution is 2.38. The maximum atomic E-state index is 9.51. The van der Waals surface area contributed by atoms with Crippen LogP contribution in [0.5, 0.6) is 17.2 Å². The molecule has 15 heavy (non-hydrogen) atoms. The van der Waals surface area contributed by atoms with Crippen molar-refractivity contribution in [3.8, 4) is 17.2 Å². The van der Waals surface area contributed by atoms with Crippen molar-refractivity contribution in [3.05, 3.63) is 17.7 Å². The summed E-state index contributed by atoms with van der Waals surface area (Å²) < 4.78 is 4.97. The lowest BCUT2D eigenvalue weighted by atomic mass is 9.94. The Morgan fingerprint density at radius 1 is 1.27 bits per heavy atom. The van der Waals surface area contributed by atoms with E-state index in [4.69, 9.17) is 4.74 Å². The van der Waals surface area contributed by atoms with E-state index >= 15 is 0 Å². The van der Waals surface area contributed by atoms with Crippen molar-refractivity contribution >= 4 is 0 Å². The third-order valence-electron chi connectivity index (χ3n) is 2.62. The van der Waals surface area contributed by atoms with Crippen LogP contribution in [0.15, 0.2) is 12.1 Å². The Labute approximate surface area is 89.5 Å². The first kappa shape index (κ1) is 11.7. The molecule has 0 bridgehead atoms. The molecule has 0 spiro atoms. The van der Waals surface area contributed by atoms with Gasteiger partial charge in [-0.15, -0.1) is 0 Å². The van der Waals surface area contributed by atoms with E-state index in [1.54, 1.807) is 6.07 Å². The average molecular weight is 211 g/mol. The summed E-state index contributed by atoms with van der Waals surface area (Å²) in [6.07, 6.45) is 0. The van der Waals surface area contributed by atoms with E-state index in [0.29, 0.717) is 0 Å². The molecular weight excluding hydrogens is 194 g/mol. The van der Waals surface area contributed by atoms with Crippen molar-refractivity contribution in [1.29, 1.82) is 0 Å². The van der Waals surface area contributed by atoms with E-state index in [1.165, 1.54) is 13.2 Å². The number of nitrogens with one attached hydrogen (secondary N) is 1. The van der Waals surface area contributed by atoms with Crippen LogP contribution < -0.4 is 10.1 Å². The second-order valence-electron chi connectivity index (χ2n) is 3.92. The second kappa shape index (κ2) is 3.98. The molecule has 84 valence electrons. The quantitative estimate of drug-likeness (QED) is 0.664. The number of benzene rings is 1. The molecule has 0 aliphatic carbocycles. The fourth-order valence-electron chi connectivity index (χ4n) is 1.25. The molecule has 0 heterocycles. The number of hydrogen-bond acceptors (Lipinski definition) is 4. The molecule has 1 rings (SSSR count). The maximum Gasteiger partial charge on any atom is 0.200 e. The molecule has 1 aromatic rings. The van der Waals surface area contributed by atoms with Crippen LogP contribution >= 0.6 is 0 Å². The highest BCUT2D eigenvalue weighted by atomic mass is 16.5. The van der Waals surface area contributed by atoms with E-state index in [2.05, 4.69) is 5.32 Å². The fraction of sp³-hybridized carbons (Fsp3) is 0.455. The molecule has 0 atom stereocenters. The van der Waals surface area contributed by atoms with Crippen molar-refractivity contribution in [2.75, 3.05) is 14.2 Å². The van der Waals surface area contributed by atoms with Crippen molar-refractivity contribution in [1.82, 2.24) is 5.32 Å². The Balaban J connectivity index is 3.28. The first-order valence-electron chi connectivity index (χ1n) is 4.71. The van der Waals surface area contributed by atoms with Gasteiger partial charge in [-0.25, -0.2) is 0 Å². The third kappa shape index (κ3) is 2.15. The molecule has 0 saturated heterocycles. The van der Waals surface area contributed by atoms with Crippen LogP contribution in [0.3, 0.4) is 0 Å². The van der Waals surface area contributed by atoms with Crippen LogP contribution in [0.2, 0.25) is 0 Å². The van der Waals surface area contributed by atoms with Crippen LogP contribution in [0, 0.1) is 0 Å². The minimum absolute atomic E-state index is 0.173. The van der Waals surface area contributed by atoms with Gasteiger partial charge in [-0.05, 0) is 38.6 Å². The number of phenols is 2. The molecule has 0 aliphatic heterocycles. The molecule has 0 aromatic heterocycles. The standard InChI is InChI=1S/C11H17NO3/c1-11(2,12-3)7-5-8(13)10(14)9(6-7)15-4/h5-6,12-14H,1-4H3. The van der Waals surface area contributed by atoms with Gasteiger partial charge in [0.1, 0.15) is 0 Å². The zero-order valence-corrected chi connectivity index (χ0v) is 9.46. The monoisotopic (exact) mass is 211 g/mol. The molecule has 0 saturated carbocycles. The minimum Gasteiger partial charge on any atom is -0.504 e. The number of aromatic hydroxyl groups is 2. The summed E-state index contributed by atoms with van der Waals surface area (Å²) in [4.78, 5) is 0. The van der Waals surface area contributed by atoms with Gasteiger partial charge in [0.2, 0.25) is 5.75 Å². The molecule has 0 amide bonds. The van der Waals surface area contributed by atoms with Gasteiger partial charge in [-0.2, -0.15) is 0 Å². The van der Waals surface area contributed by atoms with Gasteiger partial charge >= 0.3 is 0 Å². The summed E-state index contributed by atoms with van der Waals surface area (Å²) in [5.41, 5.74) is 0.551. The predicted octanol–water partition coefficient (Wildman–Crippen LogP) is 1.56. The lowest BCUT2D eigenvalue weighted by Crippen LogP contribution is -2.33. The Morgan fingerprint density at radius 2 is 1.87 bits per heavy atom. The van der Waals surface area contributed by atoms with E-state index in [-0.39, 0.29) is 22.8 Å². The highest BCUT2D eigenvalue weighted by molar-refractivity contribution is 5.53. The van der Waals surface area contributed by atoms with Crippen molar-refractivity contribution in [2.45, 2.75) is 19.4 Å². The van der Waals surface area contributed by atoms with Gasteiger partial charge in [-0.1, -0.05) is 0 Å². The molecule has 0 unspecified atom stereocenters. The van der Waals surface area contributed by atoms with E-state index in [9.17, 15) is 10.2 Å². The first-order valence-corrected chi connectivity index (χ1v) is 4.71. The number of rotatable bonds is 3. The Kier molecular flexibility index (Phi) is 3.09. The normalized spacial score (nSPS) is 11.5. The van der Waals surface area contributed by atoms with Crippen LogP contribution in [0.1, 0.15) is 19.4 Å². The van der Waals surface area contributed by atoms with Crippen LogP contribution in [0.4, 0.5) is 0 Å². The van der Waals surface area contributed by atoms with Gasteiger partial charge in [0, 0.05) is 5.54 Å². The summed E-state index contributed by atoms with van der Waals surface area (Å²) >= 11 is 0. The van der Waals surface area contributed by atoms with Crippen molar-refractivity contribution in [3.63, 3.8) is 0 Å². The molecular formula is C11H17NO3. The predicted molar refractivity (Wildman–Crippen MR) is 58.4 cm³/mol. The molecule has 4 nitrogen and oxygen atoms in total. The Bertz CT molecular complexity index is 361. The molecule has 0 fully saturated rings. The number of ether oxygens (including phenoxy) is 1. The Morgan fingerprint density at radius 3 is 2.33 bits per heavy atom. The Hall–Kier alpha value is -1.42. The lowest BCUT2D eigenvalue weighted by molar-refractivity contribution is 0.346. The maximum absolute atomic E-state index is 9.51. The molecule has 3 N–H and O–H groups in total. The van der Waals surface area contributed by atoms with Gasteiger partial charge in [-0.3, -0.25) is 0 Å². The smallest absolute Gasteiger partial charge is 0.200 e. The summed E-state index contributed by atoms with van der Waals surface area (Å²) in [5, 5.41) is 22.1. The van der Waals surface area contributed by atoms with Gasteiger partial charge in [0.15, 0.2) is 11.5 Å². The summed E-state index contributed by atoms with van der Waals surface area (Å²) in [6.45, 7) is 3.94. The first-order chi connectivity index (χ1) is 6.92. The SMILES string of the molecule is CNC(C)(C)c1cc(O)c(O)c(OC)c1. The largest absolute Gasteiger partial charge is 0.504 e. The second-order valence-corrected chi connectivity index (χ2v) is 3.92. The van der Waals surface area contributed by atoms with Gasteiger partial charge < -0.3 is 20.3 Å². The van der Waals surface area contributed by atoms with E-state index in [1.807, 2.05) is 20.9 Å². The molecule has 0 aliphatic rings. The van der Waals surface area contributed by atoms with E-state index in [0.717, 1.165) is 5.56 Å². The minimum atomic E-state index is -0.293. The fourth-order valence-corrected chi connectivity index (χ4v) is 1.25. The number of methoxy groups -OCH3 is 1. The number of phenolic OH excluding ortho intramolecular Hbond substituents is 2. The summed E-state index contributed by atoms with van der Waals surface area (Å²) in [6, 6.07) is 3.22. The zero-order chi connectivity index (χ0) is 11.6. The average Bonchev–Trinajstić information content (AvgIpc) is 2.21. The van der Waals surface area contributed by atoms with E-state index < -0.39 is 0 Å². The highest BCUT2D eigenvalue weighted by Gasteiger charge is 2.21. The lowest BCUT2D eigenvalue weighted by Gasteiger charge is -2.25. The van der Waals surface area contributed by atoms with Crippen LogP contribution in [-0.2, 0) is 5.54 Å². The van der Waals surface area contributed by atoms with Crippen molar-refractivity contribution < 1.29 is 14.9 Å². The summed E-state index contributed by atoms with van der Waals surface area (Å²) in [7, 11) is 3.28. The summed E-state index contributed by atoms with van der Waals surface area (Å²) in [5.74, 6) is -0.130. The molecule has 0 radical (unpaired) electrons. The number of hydrogen-bond donors (Lipinski definition) is 3. The van der Waals surface area contributed by atoms with Crippen LogP contribution in [-0.4, -0.2) is 24.4 Å². The third-order valence-corrected chi connectivity index (χ3v) is 2.62. The zero-order valence-electron chi connectivity index (χ0n) is 9.46. The molecule has 4 heteroatoms. The van der Waals surface area contributed by atoms with Crippen molar-refractivity contribution in [2.24, 2.45) is 0 Å². The molecule has 1 aromatic carbocycles. The van der Waals surface area contributed by atoms with Gasteiger partial charge in [0.05, 0.1) is 7.11 Å². The topological polar surface area (TPSA) is 61.7 Å². The van der Waals surface area contributed by atoms with Crippen LogP contribution in [0.25, 0.3) is 0 Å². The van der Waals surface area contributed by atoms with Gasteiger partial charge in [0.25, 0.3) is 0 Å².